The van der Waals surface area contributed by atoms with E-state index in [1.807, 2.05) is 25.1 Å². The molecule has 0 aliphatic carbocycles. The van der Waals surface area contributed by atoms with E-state index in [1.54, 1.807) is 18.4 Å². The largest absolute Gasteiger partial charge is 0.493 e. The number of nitrogens with one attached hydrogen (secondary N) is 1. The molecule has 0 aliphatic heterocycles. The average Bonchev–Trinajstić information content (AvgIpc) is 2.90. The highest BCUT2D eigenvalue weighted by molar-refractivity contribution is 7.09. The topological polar surface area (TPSA) is 30.5 Å². The molecule has 3 nitrogen and oxygen atoms in total. The molecule has 2 aromatic rings. The van der Waals surface area contributed by atoms with Gasteiger partial charge in [-0.15, -0.1) is 11.3 Å². The minimum Gasteiger partial charge on any atom is -0.493 e. The Morgan fingerprint density at radius 1 is 1.22 bits per heavy atom. The van der Waals surface area contributed by atoms with E-state index in [0.29, 0.717) is 6.61 Å². The number of ether oxygens (including phenoxy) is 2. The van der Waals surface area contributed by atoms with E-state index in [0.717, 1.165) is 23.7 Å². The van der Waals surface area contributed by atoms with Crippen LogP contribution in [0.3, 0.4) is 0 Å². The van der Waals surface area contributed by atoms with Crippen molar-refractivity contribution >= 4 is 17.0 Å². The molecule has 0 atom stereocenters. The lowest BCUT2D eigenvalue weighted by atomic mass is 10.2. The molecule has 0 amide bonds. The molecule has 0 bridgehead atoms. The highest BCUT2D eigenvalue weighted by Crippen LogP contribution is 2.30. The Morgan fingerprint density at radius 3 is 2.78 bits per heavy atom. The van der Waals surface area contributed by atoms with Crippen LogP contribution in [0.4, 0.5) is 5.69 Å². The van der Waals surface area contributed by atoms with Gasteiger partial charge in [-0.1, -0.05) is 6.07 Å². The summed E-state index contributed by atoms with van der Waals surface area (Å²) in [4.78, 5) is 1.31. The van der Waals surface area contributed by atoms with E-state index in [-0.39, 0.29) is 0 Å². The Hall–Kier alpha value is -1.68. The van der Waals surface area contributed by atoms with Crippen LogP contribution in [0.15, 0.2) is 35.7 Å². The standard InChI is InChI=1S/C14H17NO2S/c1-3-17-14-9-11(6-7-13(14)16-2)15-10-12-5-4-8-18-12/h4-9,15H,3,10H2,1-2H3. The zero-order valence-corrected chi connectivity index (χ0v) is 11.4. The summed E-state index contributed by atoms with van der Waals surface area (Å²) < 4.78 is 10.8. The van der Waals surface area contributed by atoms with Gasteiger partial charge in [0.15, 0.2) is 11.5 Å². The Bertz CT molecular complexity index is 483. The first-order chi connectivity index (χ1) is 8.83. The van der Waals surface area contributed by atoms with E-state index < -0.39 is 0 Å². The molecule has 2 rings (SSSR count). The van der Waals surface area contributed by atoms with Crippen LogP contribution in [0.1, 0.15) is 11.8 Å². The Balaban J connectivity index is 2.06. The van der Waals surface area contributed by atoms with Crippen molar-refractivity contribution in [1.29, 1.82) is 0 Å². The molecule has 1 aromatic heterocycles. The molecule has 0 unspecified atom stereocenters. The highest BCUT2D eigenvalue weighted by Gasteiger charge is 2.05. The van der Waals surface area contributed by atoms with Gasteiger partial charge in [0.05, 0.1) is 13.7 Å². The van der Waals surface area contributed by atoms with E-state index in [4.69, 9.17) is 9.47 Å². The number of thiophene rings is 1. The normalized spacial score (nSPS) is 10.1. The molecule has 0 radical (unpaired) electrons. The Labute approximate surface area is 111 Å². The van der Waals surface area contributed by atoms with Crippen LogP contribution in [0, 0.1) is 0 Å². The van der Waals surface area contributed by atoms with Crippen LogP contribution in [0.2, 0.25) is 0 Å². The molecule has 18 heavy (non-hydrogen) atoms. The summed E-state index contributed by atoms with van der Waals surface area (Å²) in [6.45, 7) is 3.42. The van der Waals surface area contributed by atoms with Crippen LogP contribution in [-0.4, -0.2) is 13.7 Å². The van der Waals surface area contributed by atoms with Gasteiger partial charge in [-0.3, -0.25) is 0 Å². The van der Waals surface area contributed by atoms with Gasteiger partial charge >= 0.3 is 0 Å². The maximum Gasteiger partial charge on any atom is 0.163 e. The molecule has 0 fully saturated rings. The zero-order chi connectivity index (χ0) is 12.8. The van der Waals surface area contributed by atoms with E-state index in [2.05, 4.69) is 22.8 Å². The fourth-order valence-electron chi connectivity index (χ4n) is 1.66. The van der Waals surface area contributed by atoms with Crippen LogP contribution < -0.4 is 14.8 Å². The zero-order valence-electron chi connectivity index (χ0n) is 10.6. The SMILES string of the molecule is CCOc1cc(NCc2cccs2)ccc1OC. The number of anilines is 1. The quantitative estimate of drug-likeness (QED) is 0.860. The number of hydrogen-bond donors (Lipinski definition) is 1. The van der Waals surface area contributed by atoms with Gasteiger partial charge in [0.1, 0.15) is 0 Å². The average molecular weight is 263 g/mol. The van der Waals surface area contributed by atoms with Gasteiger partial charge in [-0.2, -0.15) is 0 Å². The first-order valence-electron chi connectivity index (χ1n) is 5.90. The predicted molar refractivity (Wildman–Crippen MR) is 75.8 cm³/mol. The summed E-state index contributed by atoms with van der Waals surface area (Å²) in [5.41, 5.74) is 1.03. The molecule has 0 saturated heterocycles. The third-order valence-corrected chi connectivity index (χ3v) is 3.39. The fourth-order valence-corrected chi connectivity index (χ4v) is 2.30. The second-order valence-corrected chi connectivity index (χ2v) is 4.76. The number of rotatable bonds is 6. The van der Waals surface area contributed by atoms with Crippen molar-refractivity contribution < 1.29 is 9.47 Å². The van der Waals surface area contributed by atoms with Gasteiger partial charge in [0.25, 0.3) is 0 Å². The van der Waals surface area contributed by atoms with Crippen LogP contribution in [0.25, 0.3) is 0 Å². The van der Waals surface area contributed by atoms with Gasteiger partial charge in [0, 0.05) is 23.2 Å². The van der Waals surface area contributed by atoms with Crippen molar-refractivity contribution in [3.63, 3.8) is 0 Å². The maximum absolute atomic E-state index is 5.54. The van der Waals surface area contributed by atoms with Gasteiger partial charge in [-0.05, 0) is 30.5 Å². The van der Waals surface area contributed by atoms with Crippen molar-refractivity contribution in [2.24, 2.45) is 0 Å². The molecule has 0 aliphatic rings. The number of benzene rings is 1. The van der Waals surface area contributed by atoms with Crippen molar-refractivity contribution in [2.75, 3.05) is 19.0 Å². The van der Waals surface area contributed by atoms with Gasteiger partial charge in [-0.25, -0.2) is 0 Å². The molecular formula is C14H17NO2S. The van der Waals surface area contributed by atoms with Crippen molar-refractivity contribution in [3.8, 4) is 11.5 Å². The van der Waals surface area contributed by atoms with Crippen LogP contribution in [-0.2, 0) is 6.54 Å². The smallest absolute Gasteiger partial charge is 0.163 e. The minimum absolute atomic E-state index is 0.630. The van der Waals surface area contributed by atoms with E-state index >= 15 is 0 Å². The summed E-state index contributed by atoms with van der Waals surface area (Å²) >= 11 is 1.75. The first kappa shape index (κ1) is 12.8. The van der Waals surface area contributed by atoms with Crippen LogP contribution >= 0.6 is 11.3 Å². The van der Waals surface area contributed by atoms with Gasteiger partial charge < -0.3 is 14.8 Å². The number of methoxy groups -OCH3 is 1. The second-order valence-electron chi connectivity index (χ2n) is 3.73. The van der Waals surface area contributed by atoms with Gasteiger partial charge in [0.2, 0.25) is 0 Å². The summed E-state index contributed by atoms with van der Waals surface area (Å²) in [7, 11) is 1.65. The summed E-state index contributed by atoms with van der Waals surface area (Å²) in [6.07, 6.45) is 0. The molecule has 1 N–H and O–H groups in total. The molecule has 1 heterocycles. The Morgan fingerprint density at radius 2 is 2.11 bits per heavy atom. The maximum atomic E-state index is 5.54. The first-order valence-corrected chi connectivity index (χ1v) is 6.78. The third-order valence-electron chi connectivity index (χ3n) is 2.51. The lowest BCUT2D eigenvalue weighted by Gasteiger charge is -2.12. The molecular weight excluding hydrogens is 246 g/mol. The fraction of sp³-hybridized carbons (Fsp3) is 0.286. The molecule has 4 heteroatoms. The molecule has 0 spiro atoms. The third kappa shape index (κ3) is 3.17. The molecule has 0 saturated carbocycles. The molecule has 96 valence electrons. The summed E-state index contributed by atoms with van der Waals surface area (Å²) in [5, 5.41) is 5.45. The lowest BCUT2D eigenvalue weighted by Crippen LogP contribution is -2.00. The van der Waals surface area contributed by atoms with Crippen molar-refractivity contribution in [3.05, 3.63) is 40.6 Å². The monoisotopic (exact) mass is 263 g/mol. The predicted octanol–water partition coefficient (Wildman–Crippen LogP) is 3.77. The second kappa shape index (κ2) is 6.31. The van der Waals surface area contributed by atoms with Crippen LogP contribution in [0.5, 0.6) is 11.5 Å². The Kier molecular flexibility index (Phi) is 4.47. The van der Waals surface area contributed by atoms with Crippen molar-refractivity contribution in [1.82, 2.24) is 0 Å². The summed E-state index contributed by atoms with van der Waals surface area (Å²) in [5.74, 6) is 1.54. The molecule has 1 aromatic carbocycles. The van der Waals surface area contributed by atoms with Crippen molar-refractivity contribution in [2.45, 2.75) is 13.5 Å². The minimum atomic E-state index is 0.630. The lowest BCUT2D eigenvalue weighted by molar-refractivity contribution is 0.311. The number of hydrogen-bond acceptors (Lipinski definition) is 4. The summed E-state index contributed by atoms with van der Waals surface area (Å²) in [6, 6.07) is 10.1. The van der Waals surface area contributed by atoms with E-state index in [1.165, 1.54) is 4.88 Å². The van der Waals surface area contributed by atoms with E-state index in [9.17, 15) is 0 Å². The highest BCUT2D eigenvalue weighted by atomic mass is 32.1.